The number of anilines is 1. The quantitative estimate of drug-likeness (QED) is 0.850. The number of halogens is 2. The summed E-state index contributed by atoms with van der Waals surface area (Å²) in [6.07, 6.45) is 3.09. The van der Waals surface area contributed by atoms with Crippen LogP contribution in [0.5, 0.6) is 0 Å². The van der Waals surface area contributed by atoms with E-state index in [0.717, 1.165) is 0 Å². The molecule has 1 aromatic carbocycles. The molecule has 0 fully saturated rings. The van der Waals surface area contributed by atoms with Crippen LogP contribution in [0.2, 0.25) is 0 Å². The minimum absolute atomic E-state index is 0.261. The fourth-order valence-electron chi connectivity index (χ4n) is 1.32. The number of carbonyl (C=O) groups excluding carboxylic acids is 1. The number of rotatable bonds is 2. The second kappa shape index (κ2) is 4.82. The van der Waals surface area contributed by atoms with Gasteiger partial charge < -0.3 is 5.32 Å². The van der Waals surface area contributed by atoms with Crippen LogP contribution < -0.4 is 5.32 Å². The van der Waals surface area contributed by atoms with Gasteiger partial charge in [0.25, 0.3) is 5.91 Å². The molecule has 0 spiro atoms. The average molecular weight is 345 g/mol. The summed E-state index contributed by atoms with van der Waals surface area (Å²) in [5.74, 6) is -0.587. The smallest absolute Gasteiger partial charge is 0.258 e. The van der Waals surface area contributed by atoms with E-state index in [-0.39, 0.29) is 11.7 Å². The number of hydrogen-bond acceptors (Lipinski definition) is 2. The van der Waals surface area contributed by atoms with Crippen molar-refractivity contribution in [3.05, 3.63) is 45.5 Å². The van der Waals surface area contributed by atoms with Crippen LogP contribution in [0.15, 0.2) is 30.6 Å². The van der Waals surface area contributed by atoms with Crippen molar-refractivity contribution in [3.63, 3.8) is 0 Å². The van der Waals surface area contributed by atoms with Gasteiger partial charge in [-0.3, -0.25) is 9.48 Å². The lowest BCUT2D eigenvalue weighted by Gasteiger charge is -2.05. The summed E-state index contributed by atoms with van der Waals surface area (Å²) in [5, 5.41) is 6.61. The third kappa shape index (κ3) is 2.82. The van der Waals surface area contributed by atoms with Crippen LogP contribution in [0.4, 0.5) is 10.1 Å². The lowest BCUT2D eigenvalue weighted by Crippen LogP contribution is -2.12. The van der Waals surface area contributed by atoms with E-state index >= 15 is 0 Å². The first-order valence-electron chi connectivity index (χ1n) is 4.81. The Balaban J connectivity index is 2.18. The molecule has 2 aromatic rings. The maximum Gasteiger partial charge on any atom is 0.258 e. The molecule has 0 aliphatic heterocycles. The number of carbonyl (C=O) groups is 1. The highest BCUT2D eigenvalue weighted by molar-refractivity contribution is 14.1. The summed E-state index contributed by atoms with van der Waals surface area (Å²) in [6.45, 7) is 0. The lowest BCUT2D eigenvalue weighted by molar-refractivity contribution is 0.102. The molecule has 0 bridgehead atoms. The van der Waals surface area contributed by atoms with Crippen molar-refractivity contribution < 1.29 is 9.18 Å². The van der Waals surface area contributed by atoms with Crippen LogP contribution in [0.25, 0.3) is 0 Å². The van der Waals surface area contributed by atoms with Gasteiger partial charge in [-0.15, -0.1) is 0 Å². The van der Waals surface area contributed by atoms with Crippen LogP contribution in [0.1, 0.15) is 10.4 Å². The van der Waals surface area contributed by atoms with E-state index in [1.54, 1.807) is 17.9 Å². The maximum atomic E-state index is 12.9. The number of nitrogens with one attached hydrogen (secondary N) is 1. The fraction of sp³-hybridized carbons (Fsp3) is 0.0909. The van der Waals surface area contributed by atoms with Crippen molar-refractivity contribution >= 4 is 34.2 Å². The molecule has 1 N–H and O–H groups in total. The van der Waals surface area contributed by atoms with Gasteiger partial charge in [-0.25, -0.2) is 4.39 Å². The Morgan fingerprint density at radius 1 is 1.53 bits per heavy atom. The summed E-state index contributed by atoms with van der Waals surface area (Å²) in [6, 6.07) is 4.20. The molecule has 1 aromatic heterocycles. The molecular weight excluding hydrogens is 336 g/mol. The molecule has 0 atom stereocenters. The third-order valence-corrected chi connectivity index (χ3v) is 3.04. The van der Waals surface area contributed by atoms with Gasteiger partial charge in [-0.2, -0.15) is 5.10 Å². The number of aromatic nitrogens is 2. The summed E-state index contributed by atoms with van der Waals surface area (Å²) >= 11 is 1.97. The van der Waals surface area contributed by atoms with Crippen molar-refractivity contribution in [1.29, 1.82) is 0 Å². The van der Waals surface area contributed by atoms with E-state index in [4.69, 9.17) is 0 Å². The van der Waals surface area contributed by atoms with Crippen LogP contribution in [0, 0.1) is 9.39 Å². The predicted molar refractivity (Wildman–Crippen MR) is 70.3 cm³/mol. The number of benzene rings is 1. The van der Waals surface area contributed by atoms with Crippen molar-refractivity contribution in [2.24, 2.45) is 7.05 Å². The first kappa shape index (κ1) is 12.0. The fourth-order valence-corrected chi connectivity index (χ4v) is 1.94. The van der Waals surface area contributed by atoms with Gasteiger partial charge in [0, 0.05) is 16.8 Å². The van der Waals surface area contributed by atoms with Crippen molar-refractivity contribution in [1.82, 2.24) is 9.78 Å². The molecular formula is C11H9FIN3O. The zero-order valence-electron chi connectivity index (χ0n) is 8.95. The van der Waals surface area contributed by atoms with E-state index in [2.05, 4.69) is 10.4 Å². The summed E-state index contributed by atoms with van der Waals surface area (Å²) in [4.78, 5) is 11.8. The van der Waals surface area contributed by atoms with Crippen molar-refractivity contribution in [2.75, 3.05) is 5.32 Å². The standard InChI is InChI=1S/C11H9FIN3O/c1-16-6-7(5-14-16)11(17)15-10-3-2-8(12)4-9(10)13/h2-6H,1H3,(H,15,17). The Kier molecular flexibility index (Phi) is 3.41. The van der Waals surface area contributed by atoms with Gasteiger partial charge in [0.1, 0.15) is 5.82 Å². The molecule has 0 aliphatic carbocycles. The Labute approximate surface area is 111 Å². The monoisotopic (exact) mass is 345 g/mol. The molecule has 4 nitrogen and oxygen atoms in total. The minimum Gasteiger partial charge on any atom is -0.321 e. The molecule has 17 heavy (non-hydrogen) atoms. The van der Waals surface area contributed by atoms with Gasteiger partial charge in [-0.05, 0) is 40.8 Å². The second-order valence-corrected chi connectivity index (χ2v) is 4.64. The summed E-state index contributed by atoms with van der Waals surface area (Å²) < 4.78 is 15.1. The lowest BCUT2D eigenvalue weighted by atomic mass is 10.3. The highest BCUT2D eigenvalue weighted by atomic mass is 127. The number of nitrogens with zero attached hydrogens (tertiary/aromatic N) is 2. The van der Waals surface area contributed by atoms with Gasteiger partial charge in [0.15, 0.2) is 0 Å². The van der Waals surface area contributed by atoms with Crippen LogP contribution in [0.3, 0.4) is 0 Å². The number of amides is 1. The minimum atomic E-state index is -0.325. The van der Waals surface area contributed by atoms with E-state index < -0.39 is 0 Å². The van der Waals surface area contributed by atoms with Crippen molar-refractivity contribution in [2.45, 2.75) is 0 Å². The summed E-state index contributed by atoms with van der Waals surface area (Å²) in [5.41, 5.74) is 1.05. The Bertz CT molecular complexity index is 568. The normalized spacial score (nSPS) is 10.3. The van der Waals surface area contributed by atoms with Gasteiger partial charge in [0.05, 0.1) is 17.4 Å². The Hall–Kier alpha value is -1.44. The molecule has 0 radical (unpaired) electrons. The molecule has 88 valence electrons. The highest BCUT2D eigenvalue weighted by Gasteiger charge is 2.10. The maximum absolute atomic E-state index is 12.9. The number of hydrogen-bond donors (Lipinski definition) is 1. The molecule has 0 unspecified atom stereocenters. The zero-order valence-corrected chi connectivity index (χ0v) is 11.1. The molecule has 0 saturated heterocycles. The molecule has 1 heterocycles. The predicted octanol–water partition coefficient (Wildman–Crippen LogP) is 2.42. The SMILES string of the molecule is Cn1cc(C(=O)Nc2ccc(F)cc2I)cn1. The first-order valence-corrected chi connectivity index (χ1v) is 5.89. The van der Waals surface area contributed by atoms with Gasteiger partial charge >= 0.3 is 0 Å². The largest absolute Gasteiger partial charge is 0.321 e. The zero-order chi connectivity index (χ0) is 12.4. The topological polar surface area (TPSA) is 46.9 Å². The number of aryl methyl sites for hydroxylation is 1. The van der Waals surface area contributed by atoms with Gasteiger partial charge in [-0.1, -0.05) is 0 Å². The highest BCUT2D eigenvalue weighted by Crippen LogP contribution is 2.19. The van der Waals surface area contributed by atoms with Crippen LogP contribution >= 0.6 is 22.6 Å². The van der Waals surface area contributed by atoms with E-state index in [9.17, 15) is 9.18 Å². The van der Waals surface area contributed by atoms with E-state index in [1.807, 2.05) is 22.6 Å². The molecule has 2 rings (SSSR count). The van der Waals surface area contributed by atoms with E-state index in [1.165, 1.54) is 24.4 Å². The molecule has 6 heteroatoms. The van der Waals surface area contributed by atoms with Gasteiger partial charge in [0.2, 0.25) is 0 Å². The van der Waals surface area contributed by atoms with Crippen LogP contribution in [-0.2, 0) is 7.05 Å². The second-order valence-electron chi connectivity index (χ2n) is 3.48. The Morgan fingerprint density at radius 2 is 2.29 bits per heavy atom. The average Bonchev–Trinajstić information content (AvgIpc) is 2.69. The Morgan fingerprint density at radius 3 is 2.88 bits per heavy atom. The van der Waals surface area contributed by atoms with Crippen molar-refractivity contribution in [3.8, 4) is 0 Å². The summed E-state index contributed by atoms with van der Waals surface area (Å²) in [7, 11) is 1.73. The van der Waals surface area contributed by atoms with Crippen LogP contribution in [-0.4, -0.2) is 15.7 Å². The first-order chi connectivity index (χ1) is 8.06. The van der Waals surface area contributed by atoms with E-state index in [0.29, 0.717) is 14.8 Å². The molecule has 0 aliphatic rings. The molecule has 1 amide bonds. The third-order valence-electron chi connectivity index (χ3n) is 2.15. The molecule has 0 saturated carbocycles.